The summed E-state index contributed by atoms with van der Waals surface area (Å²) in [5, 5.41) is 3.91. The van der Waals surface area contributed by atoms with Crippen LogP contribution in [0.25, 0.3) is 11.3 Å². The number of anilines is 1. The van der Waals surface area contributed by atoms with Gasteiger partial charge in [0, 0.05) is 21.7 Å². The molecule has 2 aromatic rings. The van der Waals surface area contributed by atoms with Gasteiger partial charge in [0.1, 0.15) is 11.4 Å². The van der Waals surface area contributed by atoms with E-state index in [2.05, 4.69) is 21.1 Å². The molecule has 0 radical (unpaired) electrons. The molecule has 0 amide bonds. The van der Waals surface area contributed by atoms with Gasteiger partial charge in [-0.3, -0.25) is 0 Å². The van der Waals surface area contributed by atoms with Crippen LogP contribution in [-0.2, 0) is 11.3 Å². The van der Waals surface area contributed by atoms with Gasteiger partial charge in [-0.2, -0.15) is 0 Å². The average Bonchev–Trinajstić information content (AvgIpc) is 2.75. The summed E-state index contributed by atoms with van der Waals surface area (Å²) in [5.74, 6) is 1.08. The van der Waals surface area contributed by atoms with Crippen LogP contribution in [0, 0.1) is 0 Å². The lowest BCUT2D eigenvalue weighted by Crippen LogP contribution is -2.12. The molecular weight excluding hydrogens is 288 g/mol. The van der Waals surface area contributed by atoms with Crippen molar-refractivity contribution in [3.8, 4) is 17.0 Å². The number of benzene rings is 1. The van der Waals surface area contributed by atoms with E-state index in [9.17, 15) is 0 Å². The Morgan fingerprint density at radius 1 is 1.35 bits per heavy atom. The highest BCUT2D eigenvalue weighted by Crippen LogP contribution is 2.38. The highest BCUT2D eigenvalue weighted by atomic mass is 79.9. The molecule has 88 valence electrons. The van der Waals surface area contributed by atoms with Gasteiger partial charge in [-0.25, -0.2) is 0 Å². The summed E-state index contributed by atoms with van der Waals surface area (Å²) in [6.45, 7) is 0.756. The van der Waals surface area contributed by atoms with Crippen molar-refractivity contribution in [2.75, 3.05) is 12.5 Å². The standard InChI is InChI=1S/C11H9BrN2O3/c12-7-1-2-9-6(4-15-5-16-9)11(7)8-3-10(13)17-14-8/h1-3H,4-5,13H2. The van der Waals surface area contributed by atoms with Gasteiger partial charge in [-0.05, 0) is 12.1 Å². The maximum absolute atomic E-state index is 5.54. The van der Waals surface area contributed by atoms with Crippen molar-refractivity contribution in [3.05, 3.63) is 28.2 Å². The molecule has 2 heterocycles. The van der Waals surface area contributed by atoms with E-state index in [0.29, 0.717) is 12.3 Å². The van der Waals surface area contributed by atoms with Crippen LogP contribution in [0.3, 0.4) is 0 Å². The monoisotopic (exact) mass is 296 g/mol. The minimum atomic E-state index is 0.273. The number of rotatable bonds is 1. The zero-order valence-electron chi connectivity index (χ0n) is 8.77. The lowest BCUT2D eigenvalue weighted by molar-refractivity contribution is -0.0160. The quantitative estimate of drug-likeness (QED) is 0.876. The number of halogens is 1. The molecule has 1 aliphatic heterocycles. The van der Waals surface area contributed by atoms with Gasteiger partial charge >= 0.3 is 0 Å². The van der Waals surface area contributed by atoms with Crippen LogP contribution in [0.1, 0.15) is 5.56 Å². The molecule has 0 saturated carbocycles. The lowest BCUT2D eigenvalue weighted by atomic mass is 10.0. The number of nitrogen functional groups attached to an aromatic ring is 1. The second-order valence-electron chi connectivity index (χ2n) is 3.62. The van der Waals surface area contributed by atoms with Gasteiger partial charge in [-0.15, -0.1) is 0 Å². The molecule has 0 saturated heterocycles. The first-order chi connectivity index (χ1) is 8.25. The summed E-state index contributed by atoms with van der Waals surface area (Å²) in [5.41, 5.74) is 8.04. The Balaban J connectivity index is 2.20. The zero-order chi connectivity index (χ0) is 11.8. The van der Waals surface area contributed by atoms with E-state index < -0.39 is 0 Å². The smallest absolute Gasteiger partial charge is 0.222 e. The summed E-state index contributed by atoms with van der Waals surface area (Å²) in [4.78, 5) is 0. The number of nitrogens with two attached hydrogens (primary N) is 1. The Kier molecular flexibility index (Phi) is 2.53. The molecule has 0 atom stereocenters. The topological polar surface area (TPSA) is 70.5 Å². The van der Waals surface area contributed by atoms with Gasteiger partial charge in [0.2, 0.25) is 5.88 Å². The first-order valence-corrected chi connectivity index (χ1v) is 5.79. The van der Waals surface area contributed by atoms with Crippen LogP contribution in [0.4, 0.5) is 5.88 Å². The minimum absolute atomic E-state index is 0.273. The third-order valence-electron chi connectivity index (χ3n) is 2.55. The Hall–Kier alpha value is -1.53. The average molecular weight is 297 g/mol. The minimum Gasteiger partial charge on any atom is -0.467 e. The fourth-order valence-corrected chi connectivity index (χ4v) is 2.39. The van der Waals surface area contributed by atoms with E-state index in [4.69, 9.17) is 19.7 Å². The molecule has 0 aliphatic carbocycles. The fraction of sp³-hybridized carbons (Fsp3) is 0.182. The Labute approximate surface area is 106 Å². The number of ether oxygens (including phenoxy) is 2. The Morgan fingerprint density at radius 3 is 3.00 bits per heavy atom. The number of hydrogen-bond acceptors (Lipinski definition) is 5. The highest BCUT2D eigenvalue weighted by molar-refractivity contribution is 9.10. The van der Waals surface area contributed by atoms with Crippen LogP contribution in [0.15, 0.2) is 27.2 Å². The van der Waals surface area contributed by atoms with Crippen LogP contribution in [0.5, 0.6) is 5.75 Å². The first kappa shape index (κ1) is 10.6. The van der Waals surface area contributed by atoms with E-state index in [-0.39, 0.29) is 12.7 Å². The maximum atomic E-state index is 5.54. The van der Waals surface area contributed by atoms with Gasteiger partial charge < -0.3 is 19.7 Å². The van der Waals surface area contributed by atoms with E-state index in [1.54, 1.807) is 6.07 Å². The molecule has 3 rings (SSSR count). The molecule has 0 unspecified atom stereocenters. The van der Waals surface area contributed by atoms with E-state index in [1.807, 2.05) is 12.1 Å². The molecule has 1 aromatic carbocycles. The second kappa shape index (κ2) is 4.05. The Bertz CT molecular complexity index is 568. The number of aromatic nitrogens is 1. The lowest BCUT2D eigenvalue weighted by Gasteiger charge is -2.20. The third-order valence-corrected chi connectivity index (χ3v) is 3.21. The second-order valence-corrected chi connectivity index (χ2v) is 4.48. The largest absolute Gasteiger partial charge is 0.467 e. The first-order valence-electron chi connectivity index (χ1n) is 5.00. The van der Waals surface area contributed by atoms with E-state index in [0.717, 1.165) is 21.3 Å². The van der Waals surface area contributed by atoms with Crippen molar-refractivity contribution in [3.63, 3.8) is 0 Å². The Morgan fingerprint density at radius 2 is 2.24 bits per heavy atom. The molecule has 5 nitrogen and oxygen atoms in total. The van der Waals surface area contributed by atoms with Crippen molar-refractivity contribution >= 4 is 21.8 Å². The van der Waals surface area contributed by atoms with Crippen LogP contribution >= 0.6 is 15.9 Å². The molecular formula is C11H9BrN2O3. The SMILES string of the molecule is Nc1cc(-c2c(Br)ccc3c2COCO3)no1. The predicted molar refractivity (Wildman–Crippen MR) is 64.3 cm³/mol. The summed E-state index contributed by atoms with van der Waals surface area (Å²) in [6.07, 6.45) is 0. The van der Waals surface area contributed by atoms with Crippen LogP contribution in [0.2, 0.25) is 0 Å². The van der Waals surface area contributed by atoms with Crippen molar-refractivity contribution in [1.82, 2.24) is 5.16 Å². The molecule has 1 aliphatic rings. The van der Waals surface area contributed by atoms with Crippen molar-refractivity contribution in [2.24, 2.45) is 0 Å². The maximum Gasteiger partial charge on any atom is 0.222 e. The third kappa shape index (κ3) is 1.79. The number of nitrogens with zero attached hydrogens (tertiary/aromatic N) is 1. The van der Waals surface area contributed by atoms with Gasteiger partial charge in [0.05, 0.1) is 6.61 Å². The zero-order valence-corrected chi connectivity index (χ0v) is 10.4. The van der Waals surface area contributed by atoms with Gasteiger partial charge in [0.15, 0.2) is 6.79 Å². The van der Waals surface area contributed by atoms with Gasteiger partial charge in [-0.1, -0.05) is 21.1 Å². The normalized spacial score (nSPS) is 14.2. The summed E-state index contributed by atoms with van der Waals surface area (Å²) >= 11 is 3.49. The fourth-order valence-electron chi connectivity index (χ4n) is 1.81. The number of hydrogen-bond donors (Lipinski definition) is 1. The summed E-state index contributed by atoms with van der Waals surface area (Å²) in [6, 6.07) is 5.48. The van der Waals surface area contributed by atoms with Crippen molar-refractivity contribution in [2.45, 2.75) is 6.61 Å². The molecule has 0 fully saturated rings. The van der Waals surface area contributed by atoms with Crippen molar-refractivity contribution in [1.29, 1.82) is 0 Å². The van der Waals surface area contributed by atoms with E-state index in [1.165, 1.54) is 0 Å². The summed E-state index contributed by atoms with van der Waals surface area (Å²) in [7, 11) is 0. The van der Waals surface area contributed by atoms with Crippen molar-refractivity contribution < 1.29 is 14.0 Å². The predicted octanol–water partition coefficient (Wildman–Crippen LogP) is 2.55. The molecule has 0 bridgehead atoms. The van der Waals surface area contributed by atoms with Crippen LogP contribution in [-0.4, -0.2) is 11.9 Å². The molecule has 6 heteroatoms. The highest BCUT2D eigenvalue weighted by Gasteiger charge is 2.20. The molecule has 1 aromatic heterocycles. The van der Waals surface area contributed by atoms with E-state index >= 15 is 0 Å². The number of fused-ring (bicyclic) bond motifs is 1. The van der Waals surface area contributed by atoms with Gasteiger partial charge in [0.25, 0.3) is 0 Å². The molecule has 0 spiro atoms. The molecule has 2 N–H and O–H groups in total. The molecule has 17 heavy (non-hydrogen) atoms. The van der Waals surface area contributed by atoms with Crippen LogP contribution < -0.4 is 10.5 Å². The summed E-state index contributed by atoms with van der Waals surface area (Å²) < 4.78 is 16.5.